The highest BCUT2D eigenvalue weighted by Crippen LogP contribution is 2.24. The Morgan fingerprint density at radius 3 is 2.62 bits per heavy atom. The van der Waals surface area contributed by atoms with Crippen LogP contribution in [-0.4, -0.2) is 49.7 Å². The SMILES string of the molecule is CC(C)[C@H](N)C(=O)NCC(c1cccc(Cl)c1)N1CCOCC1.Cl. The van der Waals surface area contributed by atoms with E-state index in [9.17, 15) is 4.79 Å². The highest BCUT2D eigenvalue weighted by Gasteiger charge is 2.25. The number of benzene rings is 1. The van der Waals surface area contributed by atoms with Gasteiger partial charge in [-0.25, -0.2) is 0 Å². The van der Waals surface area contributed by atoms with Gasteiger partial charge in [-0.05, 0) is 23.6 Å². The maximum absolute atomic E-state index is 12.2. The third-order valence-electron chi connectivity index (χ3n) is 4.21. The van der Waals surface area contributed by atoms with Crippen molar-refractivity contribution in [3.05, 3.63) is 34.9 Å². The third kappa shape index (κ3) is 5.90. The van der Waals surface area contributed by atoms with Gasteiger partial charge in [0.15, 0.2) is 0 Å². The van der Waals surface area contributed by atoms with E-state index in [1.165, 1.54) is 0 Å². The van der Waals surface area contributed by atoms with Gasteiger partial charge in [0.1, 0.15) is 0 Å². The van der Waals surface area contributed by atoms with Gasteiger partial charge >= 0.3 is 0 Å². The number of amides is 1. The third-order valence-corrected chi connectivity index (χ3v) is 4.45. The maximum atomic E-state index is 12.2. The van der Waals surface area contributed by atoms with Crippen molar-refractivity contribution in [2.24, 2.45) is 11.7 Å². The van der Waals surface area contributed by atoms with Gasteiger partial charge in [-0.3, -0.25) is 9.69 Å². The molecule has 1 fully saturated rings. The van der Waals surface area contributed by atoms with Crippen LogP contribution in [0, 0.1) is 5.92 Å². The van der Waals surface area contributed by atoms with Crippen LogP contribution in [0.15, 0.2) is 24.3 Å². The first kappa shape index (κ1) is 21.2. The van der Waals surface area contributed by atoms with Gasteiger partial charge < -0.3 is 15.8 Å². The van der Waals surface area contributed by atoms with Crippen molar-refractivity contribution in [3.8, 4) is 0 Å². The number of nitrogens with two attached hydrogens (primary N) is 1. The van der Waals surface area contributed by atoms with Crippen LogP contribution in [0.5, 0.6) is 0 Å². The minimum absolute atomic E-state index is 0. The Labute approximate surface area is 155 Å². The largest absolute Gasteiger partial charge is 0.379 e. The first-order chi connectivity index (χ1) is 11.0. The summed E-state index contributed by atoms with van der Waals surface area (Å²) in [6.07, 6.45) is 0. The Kier molecular flexibility index (Phi) is 9.02. The molecule has 1 amide bonds. The lowest BCUT2D eigenvalue weighted by Gasteiger charge is -2.35. The average molecular weight is 376 g/mol. The fraction of sp³-hybridized carbons (Fsp3) is 0.588. The topological polar surface area (TPSA) is 67.6 Å². The Balaban J connectivity index is 0.00000288. The summed E-state index contributed by atoms with van der Waals surface area (Å²) in [6.45, 7) is 7.49. The van der Waals surface area contributed by atoms with E-state index in [0.29, 0.717) is 24.8 Å². The molecule has 0 radical (unpaired) electrons. The van der Waals surface area contributed by atoms with Gasteiger partial charge in [-0.1, -0.05) is 37.6 Å². The molecule has 1 aromatic rings. The summed E-state index contributed by atoms with van der Waals surface area (Å²) in [6, 6.07) is 7.37. The zero-order valence-corrected chi connectivity index (χ0v) is 15.8. The molecule has 1 heterocycles. The maximum Gasteiger partial charge on any atom is 0.237 e. The fourth-order valence-corrected chi connectivity index (χ4v) is 2.88. The lowest BCUT2D eigenvalue weighted by molar-refractivity contribution is -0.123. The van der Waals surface area contributed by atoms with Crippen LogP contribution in [0.4, 0.5) is 0 Å². The molecule has 1 aliphatic heterocycles. The Bertz CT molecular complexity index is 522. The molecule has 2 atom stereocenters. The van der Waals surface area contributed by atoms with E-state index in [-0.39, 0.29) is 30.3 Å². The van der Waals surface area contributed by atoms with Gasteiger partial charge in [0, 0.05) is 24.7 Å². The number of carbonyl (C=O) groups is 1. The quantitative estimate of drug-likeness (QED) is 0.799. The summed E-state index contributed by atoms with van der Waals surface area (Å²) in [5.41, 5.74) is 7.02. The lowest BCUT2D eigenvalue weighted by Crippen LogP contribution is -2.48. The van der Waals surface area contributed by atoms with Crippen LogP contribution in [-0.2, 0) is 9.53 Å². The van der Waals surface area contributed by atoms with E-state index >= 15 is 0 Å². The molecule has 1 aromatic carbocycles. The van der Waals surface area contributed by atoms with E-state index in [4.69, 9.17) is 22.1 Å². The van der Waals surface area contributed by atoms with Crippen molar-refractivity contribution in [1.82, 2.24) is 10.2 Å². The predicted molar refractivity (Wildman–Crippen MR) is 99.7 cm³/mol. The molecular weight excluding hydrogens is 349 g/mol. The summed E-state index contributed by atoms with van der Waals surface area (Å²) in [5.74, 6) is 0.00305. The van der Waals surface area contributed by atoms with E-state index in [1.807, 2.05) is 38.1 Å². The fourth-order valence-electron chi connectivity index (χ4n) is 2.68. The van der Waals surface area contributed by atoms with E-state index in [2.05, 4.69) is 10.2 Å². The van der Waals surface area contributed by atoms with Crippen molar-refractivity contribution in [3.63, 3.8) is 0 Å². The van der Waals surface area contributed by atoms with Crippen molar-refractivity contribution < 1.29 is 9.53 Å². The molecule has 0 spiro atoms. The van der Waals surface area contributed by atoms with Crippen LogP contribution in [0.2, 0.25) is 5.02 Å². The Morgan fingerprint density at radius 1 is 1.38 bits per heavy atom. The first-order valence-electron chi connectivity index (χ1n) is 8.09. The lowest BCUT2D eigenvalue weighted by atomic mass is 10.0. The normalized spacial score (nSPS) is 17.9. The predicted octanol–water partition coefficient (Wildman–Crippen LogP) is 2.23. The summed E-state index contributed by atoms with van der Waals surface area (Å²) in [5, 5.41) is 3.69. The minimum Gasteiger partial charge on any atom is -0.379 e. The molecule has 0 aromatic heterocycles. The molecule has 1 saturated heterocycles. The van der Waals surface area contributed by atoms with Crippen LogP contribution < -0.4 is 11.1 Å². The van der Waals surface area contributed by atoms with Crippen molar-refractivity contribution in [1.29, 1.82) is 0 Å². The summed E-state index contributed by atoms with van der Waals surface area (Å²) in [4.78, 5) is 14.5. The molecule has 1 unspecified atom stereocenters. The molecule has 1 aliphatic rings. The minimum atomic E-state index is -0.486. The highest BCUT2D eigenvalue weighted by molar-refractivity contribution is 6.30. The van der Waals surface area contributed by atoms with E-state index < -0.39 is 6.04 Å². The number of hydrogen-bond acceptors (Lipinski definition) is 4. The van der Waals surface area contributed by atoms with Crippen molar-refractivity contribution >= 4 is 29.9 Å². The van der Waals surface area contributed by atoms with Crippen LogP contribution >= 0.6 is 24.0 Å². The molecule has 0 saturated carbocycles. The Hall–Kier alpha value is -0.850. The molecule has 0 aliphatic carbocycles. The molecule has 24 heavy (non-hydrogen) atoms. The highest BCUT2D eigenvalue weighted by atomic mass is 35.5. The van der Waals surface area contributed by atoms with Gasteiger partial charge in [0.25, 0.3) is 0 Å². The van der Waals surface area contributed by atoms with E-state index in [1.54, 1.807) is 0 Å². The zero-order chi connectivity index (χ0) is 16.8. The Morgan fingerprint density at radius 2 is 2.04 bits per heavy atom. The molecule has 5 nitrogen and oxygen atoms in total. The molecular formula is C17H27Cl2N3O2. The van der Waals surface area contributed by atoms with Gasteiger partial charge in [0.05, 0.1) is 25.3 Å². The van der Waals surface area contributed by atoms with Gasteiger partial charge in [0.2, 0.25) is 5.91 Å². The number of carbonyl (C=O) groups excluding carboxylic acids is 1. The van der Waals surface area contributed by atoms with E-state index in [0.717, 1.165) is 18.7 Å². The van der Waals surface area contributed by atoms with Crippen molar-refractivity contribution in [2.75, 3.05) is 32.8 Å². The monoisotopic (exact) mass is 375 g/mol. The molecule has 136 valence electrons. The average Bonchev–Trinajstić information content (AvgIpc) is 2.55. The van der Waals surface area contributed by atoms with Crippen molar-refractivity contribution in [2.45, 2.75) is 25.9 Å². The number of ether oxygens (including phenoxy) is 1. The second-order valence-electron chi connectivity index (χ2n) is 6.23. The number of nitrogens with one attached hydrogen (secondary N) is 1. The second kappa shape index (κ2) is 10.2. The van der Waals surface area contributed by atoms with Gasteiger partial charge in [-0.2, -0.15) is 0 Å². The molecule has 3 N–H and O–H groups in total. The van der Waals surface area contributed by atoms with Gasteiger partial charge in [-0.15, -0.1) is 12.4 Å². The summed E-state index contributed by atoms with van der Waals surface area (Å²) < 4.78 is 5.43. The van der Waals surface area contributed by atoms with Crippen LogP contribution in [0.1, 0.15) is 25.5 Å². The number of halogens is 2. The first-order valence-corrected chi connectivity index (χ1v) is 8.47. The second-order valence-corrected chi connectivity index (χ2v) is 6.67. The van der Waals surface area contributed by atoms with Crippen LogP contribution in [0.25, 0.3) is 0 Å². The summed E-state index contributed by atoms with van der Waals surface area (Å²) >= 11 is 6.13. The number of hydrogen-bond donors (Lipinski definition) is 2. The standard InChI is InChI=1S/C17H26ClN3O2.ClH/c1-12(2)16(19)17(22)20-11-15(21-6-8-23-9-7-21)13-4-3-5-14(18)10-13;/h3-5,10,12,15-16H,6-9,11,19H2,1-2H3,(H,20,22);1H/t15?,16-;/m0./s1. The molecule has 7 heteroatoms. The molecule has 0 bridgehead atoms. The smallest absolute Gasteiger partial charge is 0.237 e. The molecule has 2 rings (SSSR count). The van der Waals surface area contributed by atoms with Crippen LogP contribution in [0.3, 0.4) is 0 Å². The summed E-state index contributed by atoms with van der Waals surface area (Å²) in [7, 11) is 0. The number of morpholine rings is 1. The zero-order valence-electron chi connectivity index (χ0n) is 14.2. The number of nitrogens with zero attached hydrogens (tertiary/aromatic N) is 1. The number of rotatable bonds is 6.